The van der Waals surface area contributed by atoms with E-state index in [1.54, 1.807) is 36.4 Å². The van der Waals surface area contributed by atoms with E-state index in [-0.39, 0.29) is 17.3 Å². The van der Waals surface area contributed by atoms with Gasteiger partial charge in [0.15, 0.2) is 0 Å². The summed E-state index contributed by atoms with van der Waals surface area (Å²) >= 11 is 5.71. The van der Waals surface area contributed by atoms with Crippen molar-refractivity contribution in [3.63, 3.8) is 0 Å². The summed E-state index contributed by atoms with van der Waals surface area (Å²) < 4.78 is 35.6. The zero-order valence-corrected chi connectivity index (χ0v) is 12.6. The Labute approximate surface area is 127 Å². The molecule has 0 aliphatic carbocycles. The Morgan fingerprint density at radius 2 is 1.81 bits per heavy atom. The lowest BCUT2D eigenvalue weighted by Gasteiger charge is -2.09. The lowest BCUT2D eigenvalue weighted by Crippen LogP contribution is -2.14. The lowest BCUT2D eigenvalue weighted by atomic mass is 10.2. The van der Waals surface area contributed by atoms with Crippen LogP contribution >= 0.6 is 11.6 Å². The summed E-state index contributed by atoms with van der Waals surface area (Å²) in [6.07, 6.45) is 0. The summed E-state index contributed by atoms with van der Waals surface area (Å²) in [5, 5.41) is 8.09. The number of anilines is 1. The number of sulfonamides is 1. The van der Waals surface area contributed by atoms with Gasteiger partial charge in [-0.3, -0.25) is 0 Å². The average molecular weight is 329 g/mol. The van der Waals surface area contributed by atoms with Crippen LogP contribution in [-0.2, 0) is 22.3 Å². The number of halogens is 2. The third-order valence-electron chi connectivity index (χ3n) is 2.84. The van der Waals surface area contributed by atoms with Crippen LogP contribution in [0.3, 0.4) is 0 Å². The molecule has 3 N–H and O–H groups in total. The van der Waals surface area contributed by atoms with E-state index >= 15 is 0 Å². The fourth-order valence-corrected chi connectivity index (χ4v) is 2.68. The van der Waals surface area contributed by atoms with E-state index < -0.39 is 15.8 Å². The van der Waals surface area contributed by atoms with E-state index in [9.17, 15) is 12.8 Å². The van der Waals surface area contributed by atoms with Crippen LogP contribution in [0.15, 0.2) is 42.5 Å². The van der Waals surface area contributed by atoms with Gasteiger partial charge in [0, 0.05) is 17.8 Å². The molecule has 0 aliphatic heterocycles. The Balaban J connectivity index is 2.02. The van der Waals surface area contributed by atoms with Crippen molar-refractivity contribution in [2.45, 2.75) is 12.3 Å². The highest BCUT2D eigenvalue weighted by Gasteiger charge is 2.07. The van der Waals surface area contributed by atoms with Gasteiger partial charge in [0.25, 0.3) is 0 Å². The molecule has 7 heteroatoms. The Morgan fingerprint density at radius 1 is 1.14 bits per heavy atom. The number of nitrogens with one attached hydrogen (secondary N) is 1. The average Bonchev–Trinajstić information content (AvgIpc) is 2.40. The van der Waals surface area contributed by atoms with E-state index in [1.165, 1.54) is 6.07 Å². The van der Waals surface area contributed by atoms with E-state index in [4.69, 9.17) is 16.7 Å². The Morgan fingerprint density at radius 3 is 2.43 bits per heavy atom. The van der Waals surface area contributed by atoms with E-state index in [0.717, 1.165) is 5.69 Å². The summed E-state index contributed by atoms with van der Waals surface area (Å²) in [6.45, 7) is 0.279. The topological polar surface area (TPSA) is 72.2 Å². The Kier molecular flexibility index (Phi) is 4.82. The Bertz CT molecular complexity index is 733. The molecule has 21 heavy (non-hydrogen) atoms. The highest BCUT2D eigenvalue weighted by atomic mass is 35.5. The zero-order valence-electron chi connectivity index (χ0n) is 11.0. The third kappa shape index (κ3) is 4.70. The number of hydrogen-bond acceptors (Lipinski definition) is 3. The molecule has 0 bridgehead atoms. The van der Waals surface area contributed by atoms with Gasteiger partial charge in [0.2, 0.25) is 10.0 Å². The molecule has 0 aromatic heterocycles. The van der Waals surface area contributed by atoms with Crippen molar-refractivity contribution in [1.29, 1.82) is 0 Å². The van der Waals surface area contributed by atoms with Crippen molar-refractivity contribution >= 4 is 27.3 Å². The van der Waals surface area contributed by atoms with Crippen LogP contribution in [0.2, 0.25) is 5.02 Å². The van der Waals surface area contributed by atoms with Gasteiger partial charge in [-0.1, -0.05) is 35.9 Å². The molecule has 2 rings (SSSR count). The minimum Gasteiger partial charge on any atom is -0.381 e. The molecule has 0 spiro atoms. The molecule has 4 nitrogen and oxygen atoms in total. The van der Waals surface area contributed by atoms with Crippen LogP contribution in [0.25, 0.3) is 0 Å². The third-order valence-corrected chi connectivity index (χ3v) is 3.86. The molecule has 0 radical (unpaired) electrons. The second-order valence-electron chi connectivity index (χ2n) is 4.57. The monoisotopic (exact) mass is 328 g/mol. The number of hydrogen-bond donors (Lipinski definition) is 2. The lowest BCUT2D eigenvalue weighted by molar-refractivity contribution is 0.597. The normalized spacial score (nSPS) is 11.4. The summed E-state index contributed by atoms with van der Waals surface area (Å²) in [4.78, 5) is 0. The highest BCUT2D eigenvalue weighted by molar-refractivity contribution is 7.88. The minimum absolute atomic E-state index is 0.0813. The maximum absolute atomic E-state index is 13.7. The second kappa shape index (κ2) is 6.43. The van der Waals surface area contributed by atoms with Crippen molar-refractivity contribution in [3.8, 4) is 0 Å². The quantitative estimate of drug-likeness (QED) is 0.886. The van der Waals surface area contributed by atoms with Crippen molar-refractivity contribution in [2.75, 3.05) is 5.32 Å². The van der Waals surface area contributed by atoms with Crippen molar-refractivity contribution in [1.82, 2.24) is 0 Å². The first kappa shape index (κ1) is 15.8. The standard InChI is InChI=1S/C14H14ClFN2O2S/c15-13-3-1-2-11(14(13)16)8-18-12-6-4-10(5-7-12)9-21(17,19)20/h1-7,18H,8-9H2,(H2,17,19,20). The van der Waals surface area contributed by atoms with Gasteiger partial charge in [-0.15, -0.1) is 0 Å². The predicted octanol–water partition coefficient (Wildman–Crippen LogP) is 2.88. The van der Waals surface area contributed by atoms with Crippen molar-refractivity contribution in [2.24, 2.45) is 5.14 Å². The number of nitrogens with two attached hydrogens (primary N) is 1. The SMILES string of the molecule is NS(=O)(=O)Cc1ccc(NCc2cccc(Cl)c2F)cc1. The van der Waals surface area contributed by atoms with Crippen LogP contribution in [-0.4, -0.2) is 8.42 Å². The molecular formula is C14H14ClFN2O2S. The number of rotatable bonds is 5. The molecule has 0 aliphatic rings. The minimum atomic E-state index is -3.54. The summed E-state index contributed by atoms with van der Waals surface area (Å²) in [5.41, 5.74) is 1.79. The maximum atomic E-state index is 13.7. The van der Waals surface area contributed by atoms with Gasteiger partial charge in [-0.25, -0.2) is 17.9 Å². The van der Waals surface area contributed by atoms with E-state index in [1.807, 2.05) is 0 Å². The van der Waals surface area contributed by atoms with Gasteiger partial charge in [-0.2, -0.15) is 0 Å². The molecule has 0 saturated heterocycles. The molecule has 0 unspecified atom stereocenters. The van der Waals surface area contributed by atoms with Gasteiger partial charge in [-0.05, 0) is 23.8 Å². The second-order valence-corrected chi connectivity index (χ2v) is 6.59. The molecule has 112 valence electrons. The largest absolute Gasteiger partial charge is 0.381 e. The molecular weight excluding hydrogens is 315 g/mol. The number of primary sulfonamides is 1. The summed E-state index contributed by atoms with van der Waals surface area (Å²) in [7, 11) is -3.54. The van der Waals surface area contributed by atoms with Gasteiger partial charge >= 0.3 is 0 Å². The van der Waals surface area contributed by atoms with Crippen molar-refractivity contribution in [3.05, 3.63) is 64.4 Å². The summed E-state index contributed by atoms with van der Waals surface area (Å²) in [5.74, 6) is -0.659. The smallest absolute Gasteiger partial charge is 0.213 e. The highest BCUT2D eigenvalue weighted by Crippen LogP contribution is 2.19. The first-order valence-corrected chi connectivity index (χ1v) is 8.21. The van der Waals surface area contributed by atoms with Gasteiger partial charge < -0.3 is 5.32 Å². The van der Waals surface area contributed by atoms with Crippen LogP contribution < -0.4 is 10.5 Å². The molecule has 0 amide bonds. The first-order chi connectivity index (χ1) is 9.85. The van der Waals surface area contributed by atoms with Crippen LogP contribution in [0.5, 0.6) is 0 Å². The molecule has 0 saturated carbocycles. The maximum Gasteiger partial charge on any atom is 0.213 e. The number of benzene rings is 2. The predicted molar refractivity (Wildman–Crippen MR) is 82.0 cm³/mol. The van der Waals surface area contributed by atoms with Gasteiger partial charge in [0.1, 0.15) is 5.82 Å². The first-order valence-electron chi connectivity index (χ1n) is 6.11. The van der Waals surface area contributed by atoms with Crippen LogP contribution in [0.4, 0.5) is 10.1 Å². The molecule has 0 heterocycles. The van der Waals surface area contributed by atoms with Gasteiger partial charge in [0.05, 0.1) is 10.8 Å². The fraction of sp³-hybridized carbons (Fsp3) is 0.143. The molecule has 2 aromatic rings. The molecule has 2 aromatic carbocycles. The zero-order chi connectivity index (χ0) is 15.5. The molecule has 0 atom stereocenters. The van der Waals surface area contributed by atoms with E-state index in [0.29, 0.717) is 11.1 Å². The van der Waals surface area contributed by atoms with Crippen LogP contribution in [0.1, 0.15) is 11.1 Å². The Hall–Kier alpha value is -1.63. The molecule has 0 fully saturated rings. The van der Waals surface area contributed by atoms with Crippen LogP contribution in [0, 0.1) is 5.82 Å². The van der Waals surface area contributed by atoms with Crippen molar-refractivity contribution < 1.29 is 12.8 Å². The summed E-state index contributed by atoms with van der Waals surface area (Å²) in [6, 6.07) is 11.5. The fourth-order valence-electron chi connectivity index (χ4n) is 1.83. The van der Waals surface area contributed by atoms with E-state index in [2.05, 4.69) is 5.32 Å².